The molecule has 1 aromatic heterocycles. The summed E-state index contributed by atoms with van der Waals surface area (Å²) in [6, 6.07) is 20.3. The third-order valence-corrected chi connectivity index (χ3v) is 4.50. The molecular weight excluding hydrogens is 382 g/mol. The third kappa shape index (κ3) is 3.60. The van der Waals surface area contributed by atoms with E-state index in [0.29, 0.717) is 28.2 Å². The number of aromatic hydroxyl groups is 2. The molecule has 150 valence electrons. The SMILES string of the molecule is CCOC(=O)c1cccc(-n2nc(-c3ccccc3O)nc2-c2ccccc2O)c1. The van der Waals surface area contributed by atoms with Crippen molar-refractivity contribution in [2.45, 2.75) is 6.92 Å². The lowest BCUT2D eigenvalue weighted by Crippen LogP contribution is -2.06. The van der Waals surface area contributed by atoms with E-state index in [4.69, 9.17) is 4.74 Å². The van der Waals surface area contributed by atoms with Gasteiger partial charge in [-0.1, -0.05) is 30.3 Å². The van der Waals surface area contributed by atoms with Gasteiger partial charge in [0.25, 0.3) is 0 Å². The van der Waals surface area contributed by atoms with Crippen molar-refractivity contribution in [2.24, 2.45) is 0 Å². The average Bonchev–Trinajstić information content (AvgIpc) is 3.19. The van der Waals surface area contributed by atoms with Crippen LogP contribution in [0.5, 0.6) is 11.5 Å². The maximum Gasteiger partial charge on any atom is 0.338 e. The number of phenolic OH excluding ortho intramolecular Hbond substituents is 2. The zero-order valence-corrected chi connectivity index (χ0v) is 16.2. The van der Waals surface area contributed by atoms with Gasteiger partial charge in [0.15, 0.2) is 11.6 Å². The van der Waals surface area contributed by atoms with Gasteiger partial charge in [0.1, 0.15) is 11.5 Å². The number of hydrogen-bond donors (Lipinski definition) is 2. The highest BCUT2D eigenvalue weighted by Crippen LogP contribution is 2.33. The zero-order chi connectivity index (χ0) is 21.1. The number of ether oxygens (including phenoxy) is 1. The molecule has 0 spiro atoms. The van der Waals surface area contributed by atoms with Crippen LogP contribution in [0.4, 0.5) is 0 Å². The van der Waals surface area contributed by atoms with E-state index in [1.165, 1.54) is 4.68 Å². The quantitative estimate of drug-likeness (QED) is 0.487. The molecule has 0 amide bonds. The standard InChI is InChI=1S/C23H19N3O4/c1-2-30-23(29)15-8-7-9-16(14-15)26-22(18-11-4-6-13-20(18)28)24-21(25-26)17-10-3-5-12-19(17)27/h3-14,27-28H,2H2,1H3. The van der Waals surface area contributed by atoms with Crippen LogP contribution in [0.1, 0.15) is 17.3 Å². The van der Waals surface area contributed by atoms with Crippen molar-refractivity contribution in [3.63, 3.8) is 0 Å². The number of nitrogens with zero attached hydrogens (tertiary/aromatic N) is 3. The Morgan fingerprint density at radius 2 is 1.60 bits per heavy atom. The fourth-order valence-corrected chi connectivity index (χ4v) is 3.09. The summed E-state index contributed by atoms with van der Waals surface area (Å²) in [5.41, 5.74) is 1.85. The first-order valence-corrected chi connectivity index (χ1v) is 9.40. The predicted molar refractivity (Wildman–Crippen MR) is 112 cm³/mol. The molecule has 4 rings (SSSR count). The molecule has 0 saturated heterocycles. The first kappa shape index (κ1) is 19.2. The summed E-state index contributed by atoms with van der Waals surface area (Å²) in [5, 5.41) is 25.2. The van der Waals surface area contributed by atoms with Gasteiger partial charge in [-0.05, 0) is 49.4 Å². The fraction of sp³-hybridized carbons (Fsp3) is 0.0870. The van der Waals surface area contributed by atoms with E-state index >= 15 is 0 Å². The smallest absolute Gasteiger partial charge is 0.338 e. The second kappa shape index (κ2) is 8.08. The Labute approximate surface area is 172 Å². The molecule has 0 atom stereocenters. The van der Waals surface area contributed by atoms with E-state index < -0.39 is 5.97 Å². The zero-order valence-electron chi connectivity index (χ0n) is 16.2. The summed E-state index contributed by atoms with van der Waals surface area (Å²) in [7, 11) is 0. The largest absolute Gasteiger partial charge is 0.507 e. The van der Waals surface area contributed by atoms with Gasteiger partial charge in [-0.3, -0.25) is 0 Å². The molecule has 30 heavy (non-hydrogen) atoms. The van der Waals surface area contributed by atoms with Crippen LogP contribution >= 0.6 is 0 Å². The van der Waals surface area contributed by atoms with Crippen LogP contribution in [-0.4, -0.2) is 37.6 Å². The van der Waals surface area contributed by atoms with E-state index in [2.05, 4.69) is 10.1 Å². The molecule has 0 fully saturated rings. The summed E-state index contributed by atoms with van der Waals surface area (Å²) < 4.78 is 6.61. The van der Waals surface area contributed by atoms with Gasteiger partial charge in [-0.15, -0.1) is 5.10 Å². The first-order chi connectivity index (χ1) is 14.6. The molecule has 0 bridgehead atoms. The Bertz CT molecular complexity index is 1220. The van der Waals surface area contributed by atoms with E-state index in [1.54, 1.807) is 79.7 Å². The highest BCUT2D eigenvalue weighted by molar-refractivity contribution is 5.90. The van der Waals surface area contributed by atoms with Gasteiger partial charge < -0.3 is 14.9 Å². The Morgan fingerprint density at radius 3 is 2.27 bits per heavy atom. The maximum absolute atomic E-state index is 12.2. The lowest BCUT2D eigenvalue weighted by molar-refractivity contribution is 0.0526. The van der Waals surface area contributed by atoms with Crippen LogP contribution in [0.2, 0.25) is 0 Å². The Balaban J connectivity index is 1.91. The van der Waals surface area contributed by atoms with Gasteiger partial charge in [-0.25, -0.2) is 14.5 Å². The average molecular weight is 401 g/mol. The Morgan fingerprint density at radius 1 is 0.933 bits per heavy atom. The van der Waals surface area contributed by atoms with Gasteiger partial charge in [0.05, 0.1) is 29.0 Å². The minimum Gasteiger partial charge on any atom is -0.507 e. The van der Waals surface area contributed by atoms with E-state index in [1.807, 2.05) is 0 Å². The van der Waals surface area contributed by atoms with Gasteiger partial charge >= 0.3 is 5.97 Å². The van der Waals surface area contributed by atoms with Gasteiger partial charge in [-0.2, -0.15) is 0 Å². The van der Waals surface area contributed by atoms with Crippen LogP contribution in [0, 0.1) is 0 Å². The number of rotatable bonds is 5. The second-order valence-corrected chi connectivity index (χ2v) is 6.48. The van der Waals surface area contributed by atoms with Crippen molar-refractivity contribution >= 4 is 5.97 Å². The minimum atomic E-state index is -0.440. The number of esters is 1. The highest BCUT2D eigenvalue weighted by Gasteiger charge is 2.19. The molecule has 2 N–H and O–H groups in total. The molecule has 0 aliphatic carbocycles. The molecule has 0 radical (unpaired) electrons. The molecule has 0 aliphatic rings. The second-order valence-electron chi connectivity index (χ2n) is 6.48. The minimum absolute atomic E-state index is 0.0385. The molecule has 7 heteroatoms. The van der Waals surface area contributed by atoms with Gasteiger partial charge in [0.2, 0.25) is 0 Å². The molecule has 0 saturated carbocycles. The number of benzene rings is 3. The van der Waals surface area contributed by atoms with Crippen molar-refractivity contribution in [3.05, 3.63) is 78.4 Å². The summed E-state index contributed by atoms with van der Waals surface area (Å²) >= 11 is 0. The number of para-hydroxylation sites is 2. The normalized spacial score (nSPS) is 10.7. The molecular formula is C23H19N3O4. The summed E-state index contributed by atoms with van der Waals surface area (Å²) in [4.78, 5) is 16.7. The van der Waals surface area contributed by atoms with E-state index in [9.17, 15) is 15.0 Å². The number of hydrogen-bond acceptors (Lipinski definition) is 6. The molecule has 3 aromatic carbocycles. The van der Waals surface area contributed by atoms with Crippen molar-refractivity contribution in [2.75, 3.05) is 6.61 Å². The third-order valence-electron chi connectivity index (χ3n) is 4.50. The summed E-state index contributed by atoms with van der Waals surface area (Å²) in [5.74, 6) is 0.292. The van der Waals surface area contributed by atoms with Crippen molar-refractivity contribution < 1.29 is 19.7 Å². The predicted octanol–water partition coefficient (Wildman–Crippen LogP) is 4.19. The Kier molecular flexibility index (Phi) is 5.17. The van der Waals surface area contributed by atoms with Gasteiger partial charge in [0, 0.05) is 0 Å². The van der Waals surface area contributed by atoms with Crippen LogP contribution in [-0.2, 0) is 4.74 Å². The Hall–Kier alpha value is -4.13. The number of carbonyl (C=O) groups is 1. The summed E-state index contributed by atoms with van der Waals surface area (Å²) in [6.07, 6.45) is 0. The number of aromatic nitrogens is 3. The van der Waals surface area contributed by atoms with Crippen molar-refractivity contribution in [1.29, 1.82) is 0 Å². The molecule has 7 nitrogen and oxygen atoms in total. The lowest BCUT2D eigenvalue weighted by Gasteiger charge is -2.09. The number of phenols is 2. The van der Waals surface area contributed by atoms with Crippen LogP contribution in [0.25, 0.3) is 28.5 Å². The molecule has 1 heterocycles. The monoisotopic (exact) mass is 401 g/mol. The molecule has 4 aromatic rings. The number of carbonyl (C=O) groups excluding carboxylic acids is 1. The van der Waals surface area contributed by atoms with Crippen LogP contribution < -0.4 is 0 Å². The topological polar surface area (TPSA) is 97.5 Å². The lowest BCUT2D eigenvalue weighted by atomic mass is 10.1. The van der Waals surface area contributed by atoms with E-state index in [0.717, 1.165) is 0 Å². The van der Waals surface area contributed by atoms with Crippen LogP contribution in [0.3, 0.4) is 0 Å². The first-order valence-electron chi connectivity index (χ1n) is 9.40. The van der Waals surface area contributed by atoms with E-state index in [-0.39, 0.29) is 23.9 Å². The van der Waals surface area contributed by atoms with Crippen LogP contribution in [0.15, 0.2) is 72.8 Å². The van der Waals surface area contributed by atoms with Crippen molar-refractivity contribution in [1.82, 2.24) is 14.8 Å². The molecule has 0 unspecified atom stereocenters. The fourth-order valence-electron chi connectivity index (χ4n) is 3.09. The molecule has 0 aliphatic heterocycles. The highest BCUT2D eigenvalue weighted by atomic mass is 16.5. The maximum atomic E-state index is 12.2. The van der Waals surface area contributed by atoms with Crippen molar-refractivity contribution in [3.8, 4) is 40.0 Å². The summed E-state index contributed by atoms with van der Waals surface area (Å²) in [6.45, 7) is 2.01.